The van der Waals surface area contributed by atoms with Gasteiger partial charge in [0.05, 0.1) is 10.6 Å². The highest BCUT2D eigenvalue weighted by Crippen LogP contribution is 2.23. The van der Waals surface area contributed by atoms with E-state index in [2.05, 4.69) is 5.32 Å². The predicted molar refractivity (Wildman–Crippen MR) is 106 cm³/mol. The number of hydrogen-bond acceptors (Lipinski definition) is 3. The van der Waals surface area contributed by atoms with Gasteiger partial charge in [0.2, 0.25) is 5.91 Å². The van der Waals surface area contributed by atoms with Crippen molar-refractivity contribution in [1.29, 1.82) is 0 Å². The average Bonchev–Trinajstić information content (AvgIpc) is 2.73. The Morgan fingerprint density at radius 3 is 2.04 bits per heavy atom. The van der Waals surface area contributed by atoms with E-state index in [0.717, 1.165) is 4.31 Å². The summed E-state index contributed by atoms with van der Waals surface area (Å²) in [6, 6.07) is 22.1. The Morgan fingerprint density at radius 2 is 1.43 bits per heavy atom. The van der Waals surface area contributed by atoms with Gasteiger partial charge in [0.1, 0.15) is 12.4 Å². The van der Waals surface area contributed by atoms with Gasteiger partial charge in [-0.2, -0.15) is 0 Å². The van der Waals surface area contributed by atoms with Crippen LogP contribution in [-0.4, -0.2) is 20.9 Å². The molecule has 28 heavy (non-hydrogen) atoms. The van der Waals surface area contributed by atoms with E-state index in [-0.39, 0.29) is 23.8 Å². The summed E-state index contributed by atoms with van der Waals surface area (Å²) in [5.41, 5.74) is 1.11. The number of rotatable bonds is 7. The molecule has 7 heteroatoms. The standard InChI is InChI=1S/C21H19FN2O3S/c22-18-13-11-17(12-14-18)15-23-21(25)16-24(19-7-3-1-4-8-19)28(26,27)20-9-5-2-6-10-20/h1-14H,15-16H2,(H,23,25). The third-order valence-corrected chi connectivity index (χ3v) is 5.85. The molecular weight excluding hydrogens is 379 g/mol. The molecule has 0 aromatic heterocycles. The second-order valence-electron chi connectivity index (χ2n) is 6.06. The van der Waals surface area contributed by atoms with Gasteiger partial charge in [-0.15, -0.1) is 0 Å². The van der Waals surface area contributed by atoms with Crippen LogP contribution in [0.4, 0.5) is 10.1 Å². The lowest BCUT2D eigenvalue weighted by Crippen LogP contribution is -2.40. The molecule has 0 aliphatic heterocycles. The summed E-state index contributed by atoms with van der Waals surface area (Å²) in [4.78, 5) is 12.6. The van der Waals surface area contributed by atoms with Crippen LogP contribution in [0.25, 0.3) is 0 Å². The van der Waals surface area contributed by atoms with Crippen LogP contribution in [0.1, 0.15) is 5.56 Å². The molecule has 1 N–H and O–H groups in total. The molecule has 0 atom stereocenters. The molecule has 0 spiro atoms. The summed E-state index contributed by atoms with van der Waals surface area (Å²) in [5.74, 6) is -0.827. The van der Waals surface area contributed by atoms with E-state index in [0.29, 0.717) is 11.3 Å². The number of nitrogens with zero attached hydrogens (tertiary/aromatic N) is 1. The van der Waals surface area contributed by atoms with Gasteiger partial charge < -0.3 is 5.32 Å². The van der Waals surface area contributed by atoms with Crippen LogP contribution in [0.5, 0.6) is 0 Å². The summed E-state index contributed by atoms with van der Waals surface area (Å²) >= 11 is 0. The van der Waals surface area contributed by atoms with Gasteiger partial charge in [-0.05, 0) is 42.0 Å². The second kappa shape index (κ2) is 8.67. The predicted octanol–water partition coefficient (Wildman–Crippen LogP) is 3.34. The first-order chi connectivity index (χ1) is 13.5. The fourth-order valence-electron chi connectivity index (χ4n) is 2.62. The molecule has 3 aromatic carbocycles. The second-order valence-corrected chi connectivity index (χ2v) is 7.93. The molecule has 3 aromatic rings. The van der Waals surface area contributed by atoms with Crippen molar-refractivity contribution in [1.82, 2.24) is 5.32 Å². The van der Waals surface area contributed by atoms with Crippen LogP contribution in [0.15, 0.2) is 89.8 Å². The molecule has 0 fully saturated rings. The number of para-hydroxylation sites is 1. The molecule has 0 radical (unpaired) electrons. The average molecular weight is 398 g/mol. The van der Waals surface area contributed by atoms with E-state index in [1.807, 2.05) is 0 Å². The number of anilines is 1. The molecule has 0 saturated heterocycles. The molecule has 3 rings (SSSR count). The van der Waals surface area contributed by atoms with Crippen molar-refractivity contribution in [2.45, 2.75) is 11.4 Å². The smallest absolute Gasteiger partial charge is 0.264 e. The molecule has 0 saturated carbocycles. The van der Waals surface area contributed by atoms with Crippen LogP contribution in [0, 0.1) is 5.82 Å². The van der Waals surface area contributed by atoms with Crippen LogP contribution in [-0.2, 0) is 21.4 Å². The first-order valence-electron chi connectivity index (χ1n) is 8.61. The number of carbonyl (C=O) groups is 1. The van der Waals surface area contributed by atoms with Gasteiger partial charge in [0.15, 0.2) is 0 Å². The van der Waals surface area contributed by atoms with E-state index < -0.39 is 15.9 Å². The topological polar surface area (TPSA) is 66.5 Å². The Morgan fingerprint density at radius 1 is 0.857 bits per heavy atom. The molecule has 0 aliphatic rings. The van der Waals surface area contributed by atoms with E-state index in [9.17, 15) is 17.6 Å². The minimum absolute atomic E-state index is 0.102. The molecule has 5 nitrogen and oxygen atoms in total. The van der Waals surface area contributed by atoms with Gasteiger partial charge in [-0.1, -0.05) is 48.5 Å². The molecular formula is C21H19FN2O3S. The zero-order valence-electron chi connectivity index (χ0n) is 15.0. The first kappa shape index (κ1) is 19.6. The Kier molecular flexibility index (Phi) is 6.06. The SMILES string of the molecule is O=C(CN(c1ccccc1)S(=O)(=O)c1ccccc1)NCc1ccc(F)cc1. The quantitative estimate of drug-likeness (QED) is 0.664. The summed E-state index contributed by atoms with van der Waals surface area (Å²) in [6.45, 7) is -0.199. The van der Waals surface area contributed by atoms with Crippen molar-refractivity contribution >= 4 is 21.6 Å². The van der Waals surface area contributed by atoms with Gasteiger partial charge in [0, 0.05) is 6.54 Å². The number of nitrogens with one attached hydrogen (secondary N) is 1. The number of benzene rings is 3. The van der Waals surface area contributed by atoms with E-state index >= 15 is 0 Å². The number of hydrogen-bond donors (Lipinski definition) is 1. The van der Waals surface area contributed by atoms with Crippen molar-refractivity contribution < 1.29 is 17.6 Å². The fraction of sp³-hybridized carbons (Fsp3) is 0.0952. The Hall–Kier alpha value is -3.19. The van der Waals surface area contributed by atoms with E-state index in [1.165, 1.54) is 24.3 Å². The summed E-state index contributed by atoms with van der Waals surface area (Å²) in [6.07, 6.45) is 0. The largest absolute Gasteiger partial charge is 0.350 e. The maximum absolute atomic E-state index is 13.1. The normalized spacial score (nSPS) is 11.0. The monoisotopic (exact) mass is 398 g/mol. The lowest BCUT2D eigenvalue weighted by atomic mass is 10.2. The molecule has 0 bridgehead atoms. The maximum Gasteiger partial charge on any atom is 0.264 e. The first-order valence-corrected chi connectivity index (χ1v) is 10.0. The van der Waals surface area contributed by atoms with Gasteiger partial charge in [-0.3, -0.25) is 9.10 Å². The number of amides is 1. The highest BCUT2D eigenvalue weighted by atomic mass is 32.2. The maximum atomic E-state index is 13.1. The minimum Gasteiger partial charge on any atom is -0.350 e. The third kappa shape index (κ3) is 4.75. The molecule has 0 heterocycles. The van der Waals surface area contributed by atoms with Crippen molar-refractivity contribution in [3.8, 4) is 0 Å². The van der Waals surface area contributed by atoms with Crippen LogP contribution in [0.2, 0.25) is 0 Å². The zero-order valence-corrected chi connectivity index (χ0v) is 15.8. The van der Waals surface area contributed by atoms with E-state index in [1.54, 1.807) is 60.7 Å². The highest BCUT2D eigenvalue weighted by molar-refractivity contribution is 7.92. The summed E-state index contributed by atoms with van der Waals surface area (Å²) in [7, 11) is -3.91. The van der Waals surface area contributed by atoms with Crippen LogP contribution < -0.4 is 9.62 Å². The summed E-state index contributed by atoms with van der Waals surface area (Å²) in [5, 5.41) is 2.67. The van der Waals surface area contributed by atoms with Crippen molar-refractivity contribution in [3.63, 3.8) is 0 Å². The molecule has 0 aliphatic carbocycles. The number of carbonyl (C=O) groups excluding carboxylic acids is 1. The van der Waals surface area contributed by atoms with Gasteiger partial charge >= 0.3 is 0 Å². The van der Waals surface area contributed by atoms with Gasteiger partial charge in [-0.25, -0.2) is 12.8 Å². The number of halogens is 1. The van der Waals surface area contributed by atoms with E-state index in [4.69, 9.17) is 0 Å². The lowest BCUT2D eigenvalue weighted by molar-refractivity contribution is -0.119. The lowest BCUT2D eigenvalue weighted by Gasteiger charge is -2.24. The Bertz CT molecular complexity index is 1020. The minimum atomic E-state index is -3.91. The molecule has 0 unspecified atom stereocenters. The highest BCUT2D eigenvalue weighted by Gasteiger charge is 2.26. The van der Waals surface area contributed by atoms with Crippen molar-refractivity contribution in [3.05, 3.63) is 96.3 Å². The van der Waals surface area contributed by atoms with Crippen LogP contribution >= 0.6 is 0 Å². The molecule has 144 valence electrons. The van der Waals surface area contributed by atoms with Crippen molar-refractivity contribution in [2.24, 2.45) is 0 Å². The Balaban J connectivity index is 1.80. The molecule has 1 amide bonds. The number of sulfonamides is 1. The van der Waals surface area contributed by atoms with Crippen molar-refractivity contribution in [2.75, 3.05) is 10.8 Å². The third-order valence-electron chi connectivity index (χ3n) is 4.07. The fourth-order valence-corrected chi connectivity index (χ4v) is 4.06. The van der Waals surface area contributed by atoms with Gasteiger partial charge in [0.25, 0.3) is 10.0 Å². The van der Waals surface area contributed by atoms with Crippen LogP contribution in [0.3, 0.4) is 0 Å². The zero-order chi connectivity index (χ0) is 20.0. The Labute approximate surface area is 163 Å². The summed E-state index contributed by atoms with van der Waals surface area (Å²) < 4.78 is 40.2.